The lowest BCUT2D eigenvalue weighted by Crippen LogP contribution is -2.44. The van der Waals surface area contributed by atoms with Gasteiger partial charge in [0.15, 0.2) is 0 Å². The summed E-state index contributed by atoms with van der Waals surface area (Å²) in [5.74, 6) is 1.22. The fourth-order valence-electron chi connectivity index (χ4n) is 2.36. The first-order valence-electron chi connectivity index (χ1n) is 6.46. The second-order valence-corrected chi connectivity index (χ2v) is 4.62. The molecule has 2 rings (SSSR count). The van der Waals surface area contributed by atoms with Crippen LogP contribution in [0.4, 0.5) is 11.6 Å². The number of nitrogens with zero attached hydrogens (tertiary/aromatic N) is 3. The van der Waals surface area contributed by atoms with Crippen molar-refractivity contribution in [1.82, 2.24) is 14.9 Å². The van der Waals surface area contributed by atoms with E-state index in [2.05, 4.69) is 20.2 Å². The summed E-state index contributed by atoms with van der Waals surface area (Å²) in [7, 11) is 0. The van der Waals surface area contributed by atoms with E-state index < -0.39 is 0 Å². The molecule has 2 heterocycles. The van der Waals surface area contributed by atoms with Gasteiger partial charge in [-0.3, -0.25) is 4.90 Å². The maximum Gasteiger partial charge on any atom is 0.131 e. The van der Waals surface area contributed by atoms with E-state index in [1.807, 2.05) is 0 Å². The lowest BCUT2D eigenvalue weighted by Gasteiger charge is -2.34. The zero-order chi connectivity index (χ0) is 12.8. The summed E-state index contributed by atoms with van der Waals surface area (Å²) in [6.45, 7) is 3.03. The Labute approximate surface area is 107 Å². The van der Waals surface area contributed by atoms with Crippen molar-refractivity contribution in [3.63, 3.8) is 0 Å². The zero-order valence-electron chi connectivity index (χ0n) is 10.5. The van der Waals surface area contributed by atoms with E-state index in [-0.39, 0.29) is 6.61 Å². The van der Waals surface area contributed by atoms with Gasteiger partial charge in [-0.25, -0.2) is 9.97 Å². The van der Waals surface area contributed by atoms with Crippen LogP contribution in [0.5, 0.6) is 0 Å². The molecule has 1 aliphatic rings. The number of anilines is 2. The minimum absolute atomic E-state index is 0.250. The highest BCUT2D eigenvalue weighted by atomic mass is 16.3. The highest BCUT2D eigenvalue weighted by Gasteiger charge is 2.20. The topological polar surface area (TPSA) is 87.3 Å². The van der Waals surface area contributed by atoms with Crippen molar-refractivity contribution < 1.29 is 5.11 Å². The van der Waals surface area contributed by atoms with Crippen molar-refractivity contribution in [2.45, 2.75) is 25.3 Å². The number of hydrogen-bond donors (Lipinski definition) is 3. The van der Waals surface area contributed by atoms with E-state index in [0.717, 1.165) is 31.9 Å². The predicted molar refractivity (Wildman–Crippen MR) is 71.2 cm³/mol. The first-order valence-corrected chi connectivity index (χ1v) is 6.46. The van der Waals surface area contributed by atoms with Crippen LogP contribution in [0.3, 0.4) is 0 Å². The molecule has 6 heteroatoms. The SMILES string of the molecule is Nc1cc(NCCN2CCCCC2CO)ncn1. The smallest absolute Gasteiger partial charge is 0.131 e. The first-order chi connectivity index (χ1) is 8.79. The maximum absolute atomic E-state index is 9.31. The highest BCUT2D eigenvalue weighted by molar-refractivity contribution is 5.43. The third-order valence-electron chi connectivity index (χ3n) is 3.35. The molecule has 1 aliphatic heterocycles. The van der Waals surface area contributed by atoms with Gasteiger partial charge in [-0.15, -0.1) is 0 Å². The third-order valence-corrected chi connectivity index (χ3v) is 3.35. The monoisotopic (exact) mass is 251 g/mol. The summed E-state index contributed by atoms with van der Waals surface area (Å²) in [5, 5.41) is 12.5. The molecule has 0 bridgehead atoms. The number of aromatic nitrogens is 2. The number of nitrogen functional groups attached to an aromatic ring is 1. The number of piperidine rings is 1. The molecule has 4 N–H and O–H groups in total. The molecule has 1 aromatic heterocycles. The molecule has 1 saturated heterocycles. The minimum Gasteiger partial charge on any atom is -0.395 e. The largest absolute Gasteiger partial charge is 0.395 e. The van der Waals surface area contributed by atoms with Gasteiger partial charge in [-0.1, -0.05) is 6.42 Å². The Kier molecular flexibility index (Phi) is 4.72. The van der Waals surface area contributed by atoms with Crippen LogP contribution in [0.1, 0.15) is 19.3 Å². The molecule has 0 amide bonds. The Balaban J connectivity index is 1.77. The number of nitrogens with one attached hydrogen (secondary N) is 1. The van der Waals surface area contributed by atoms with E-state index in [9.17, 15) is 5.11 Å². The Hall–Kier alpha value is -1.40. The molecule has 0 saturated carbocycles. The van der Waals surface area contributed by atoms with Gasteiger partial charge in [0.05, 0.1) is 6.61 Å². The fourth-order valence-corrected chi connectivity index (χ4v) is 2.36. The standard InChI is InChI=1S/C12H21N5O/c13-11-7-12(16-9-15-11)14-4-6-17-5-2-1-3-10(17)8-18/h7,9-10,18H,1-6,8H2,(H3,13,14,15,16). The molecule has 0 aromatic carbocycles. The maximum atomic E-state index is 9.31. The Morgan fingerprint density at radius 1 is 1.44 bits per heavy atom. The van der Waals surface area contributed by atoms with Crippen molar-refractivity contribution in [2.75, 3.05) is 37.3 Å². The molecular formula is C12H21N5O. The summed E-state index contributed by atoms with van der Waals surface area (Å²) in [6, 6.07) is 2.04. The van der Waals surface area contributed by atoms with Crippen LogP contribution in [0.15, 0.2) is 12.4 Å². The van der Waals surface area contributed by atoms with Gasteiger partial charge < -0.3 is 16.2 Å². The number of likely N-dealkylation sites (tertiary alicyclic amines) is 1. The van der Waals surface area contributed by atoms with Gasteiger partial charge in [0.25, 0.3) is 0 Å². The number of aliphatic hydroxyl groups excluding tert-OH is 1. The van der Waals surface area contributed by atoms with Crippen molar-refractivity contribution in [1.29, 1.82) is 0 Å². The molecule has 0 radical (unpaired) electrons. The van der Waals surface area contributed by atoms with Crippen molar-refractivity contribution in [3.05, 3.63) is 12.4 Å². The predicted octanol–water partition coefficient (Wildman–Crippen LogP) is 0.317. The molecule has 6 nitrogen and oxygen atoms in total. The van der Waals surface area contributed by atoms with E-state index in [1.165, 1.54) is 19.2 Å². The van der Waals surface area contributed by atoms with E-state index in [1.54, 1.807) is 6.07 Å². The van der Waals surface area contributed by atoms with Gasteiger partial charge in [0.2, 0.25) is 0 Å². The Morgan fingerprint density at radius 3 is 3.11 bits per heavy atom. The quantitative estimate of drug-likeness (QED) is 0.698. The van der Waals surface area contributed by atoms with Crippen LogP contribution in [-0.4, -0.2) is 52.3 Å². The molecule has 1 aromatic rings. The summed E-state index contributed by atoms with van der Waals surface area (Å²) in [5.41, 5.74) is 5.58. The number of aliphatic hydroxyl groups is 1. The number of nitrogens with two attached hydrogens (primary N) is 1. The summed E-state index contributed by atoms with van der Waals surface area (Å²) < 4.78 is 0. The molecule has 0 aliphatic carbocycles. The Morgan fingerprint density at radius 2 is 2.33 bits per heavy atom. The second-order valence-electron chi connectivity index (χ2n) is 4.62. The molecule has 1 unspecified atom stereocenters. The molecule has 0 spiro atoms. The normalized spacial score (nSPS) is 20.8. The second kappa shape index (κ2) is 6.51. The third kappa shape index (κ3) is 3.54. The van der Waals surface area contributed by atoms with E-state index in [4.69, 9.17) is 5.73 Å². The van der Waals surface area contributed by atoms with Crippen LogP contribution in [0, 0.1) is 0 Å². The van der Waals surface area contributed by atoms with Crippen LogP contribution < -0.4 is 11.1 Å². The van der Waals surface area contributed by atoms with E-state index >= 15 is 0 Å². The van der Waals surface area contributed by atoms with Crippen LogP contribution in [-0.2, 0) is 0 Å². The fraction of sp³-hybridized carbons (Fsp3) is 0.667. The summed E-state index contributed by atoms with van der Waals surface area (Å²) in [6.07, 6.45) is 4.99. The summed E-state index contributed by atoms with van der Waals surface area (Å²) in [4.78, 5) is 10.3. The van der Waals surface area contributed by atoms with E-state index in [0.29, 0.717) is 11.9 Å². The molecule has 1 fully saturated rings. The van der Waals surface area contributed by atoms with Crippen LogP contribution in [0.2, 0.25) is 0 Å². The molecular weight excluding hydrogens is 230 g/mol. The zero-order valence-corrected chi connectivity index (χ0v) is 10.5. The first kappa shape index (κ1) is 13.0. The molecule has 18 heavy (non-hydrogen) atoms. The van der Waals surface area contributed by atoms with Gasteiger partial charge in [-0.2, -0.15) is 0 Å². The molecule has 1 atom stereocenters. The van der Waals surface area contributed by atoms with Gasteiger partial charge in [0, 0.05) is 25.2 Å². The number of hydrogen-bond acceptors (Lipinski definition) is 6. The van der Waals surface area contributed by atoms with Crippen molar-refractivity contribution >= 4 is 11.6 Å². The highest BCUT2D eigenvalue weighted by Crippen LogP contribution is 2.16. The lowest BCUT2D eigenvalue weighted by molar-refractivity contribution is 0.0940. The molecule has 100 valence electrons. The minimum atomic E-state index is 0.250. The average molecular weight is 251 g/mol. The van der Waals surface area contributed by atoms with Crippen LogP contribution in [0.25, 0.3) is 0 Å². The van der Waals surface area contributed by atoms with Gasteiger partial charge in [-0.05, 0) is 19.4 Å². The summed E-state index contributed by atoms with van der Waals surface area (Å²) >= 11 is 0. The van der Waals surface area contributed by atoms with Crippen molar-refractivity contribution in [2.24, 2.45) is 0 Å². The van der Waals surface area contributed by atoms with Crippen molar-refractivity contribution in [3.8, 4) is 0 Å². The van der Waals surface area contributed by atoms with Gasteiger partial charge in [0.1, 0.15) is 18.0 Å². The van der Waals surface area contributed by atoms with Gasteiger partial charge >= 0.3 is 0 Å². The number of rotatable bonds is 5. The Bertz CT molecular complexity index is 373. The average Bonchev–Trinajstić information content (AvgIpc) is 2.39. The lowest BCUT2D eigenvalue weighted by atomic mass is 10.0. The van der Waals surface area contributed by atoms with Crippen LogP contribution >= 0.6 is 0 Å².